The SMILES string of the molecule is Cc1cnc2c(NC3CCCCC3)nc3ccc(Cl)cc3n12. The van der Waals surface area contributed by atoms with E-state index in [4.69, 9.17) is 16.6 Å². The van der Waals surface area contributed by atoms with Gasteiger partial charge in [-0.1, -0.05) is 30.9 Å². The minimum Gasteiger partial charge on any atom is -0.364 e. The molecule has 0 spiro atoms. The van der Waals surface area contributed by atoms with Gasteiger partial charge in [-0.05, 0) is 38.0 Å². The molecule has 0 radical (unpaired) electrons. The Hall–Kier alpha value is -1.81. The molecule has 1 aliphatic carbocycles. The predicted octanol–water partition coefficient (Wildman–Crippen LogP) is 4.59. The van der Waals surface area contributed by atoms with Crippen LogP contribution in [0.4, 0.5) is 5.82 Å². The van der Waals surface area contributed by atoms with E-state index in [1.807, 2.05) is 24.4 Å². The Balaban J connectivity index is 1.87. The van der Waals surface area contributed by atoms with Crippen LogP contribution in [-0.4, -0.2) is 20.4 Å². The average Bonchev–Trinajstić information content (AvgIpc) is 2.92. The Morgan fingerprint density at radius 1 is 1.23 bits per heavy atom. The molecule has 0 bridgehead atoms. The highest BCUT2D eigenvalue weighted by Gasteiger charge is 2.17. The van der Waals surface area contributed by atoms with Crippen molar-refractivity contribution in [2.75, 3.05) is 5.32 Å². The highest BCUT2D eigenvalue weighted by molar-refractivity contribution is 6.31. The van der Waals surface area contributed by atoms with Crippen molar-refractivity contribution < 1.29 is 0 Å². The number of nitrogens with zero attached hydrogens (tertiary/aromatic N) is 3. The van der Waals surface area contributed by atoms with Crippen molar-refractivity contribution in [2.45, 2.75) is 45.1 Å². The number of halogens is 1. The fourth-order valence-corrected chi connectivity index (χ4v) is 3.55. The van der Waals surface area contributed by atoms with Crippen molar-refractivity contribution in [1.29, 1.82) is 0 Å². The Morgan fingerprint density at radius 2 is 2.05 bits per heavy atom. The molecule has 22 heavy (non-hydrogen) atoms. The van der Waals surface area contributed by atoms with Gasteiger partial charge in [0, 0.05) is 23.0 Å². The van der Waals surface area contributed by atoms with E-state index >= 15 is 0 Å². The van der Waals surface area contributed by atoms with Crippen molar-refractivity contribution in [3.63, 3.8) is 0 Å². The third-order valence-electron chi connectivity index (χ3n) is 4.51. The van der Waals surface area contributed by atoms with Gasteiger partial charge in [0.1, 0.15) is 0 Å². The number of aryl methyl sites for hydroxylation is 1. The van der Waals surface area contributed by atoms with Crippen LogP contribution in [0.2, 0.25) is 5.02 Å². The van der Waals surface area contributed by atoms with Gasteiger partial charge in [-0.2, -0.15) is 0 Å². The molecule has 5 heteroatoms. The number of fused-ring (bicyclic) bond motifs is 3. The zero-order valence-electron chi connectivity index (χ0n) is 12.6. The first-order valence-corrected chi connectivity index (χ1v) is 8.30. The van der Waals surface area contributed by atoms with Crippen LogP contribution in [-0.2, 0) is 0 Å². The average molecular weight is 315 g/mol. The van der Waals surface area contributed by atoms with Crippen LogP contribution in [0, 0.1) is 6.92 Å². The van der Waals surface area contributed by atoms with E-state index in [2.05, 4.69) is 21.6 Å². The zero-order valence-corrected chi connectivity index (χ0v) is 13.4. The lowest BCUT2D eigenvalue weighted by molar-refractivity contribution is 0.462. The maximum atomic E-state index is 6.16. The van der Waals surface area contributed by atoms with E-state index in [-0.39, 0.29) is 0 Å². The third kappa shape index (κ3) is 2.31. The van der Waals surface area contributed by atoms with Gasteiger partial charge >= 0.3 is 0 Å². The molecule has 2 heterocycles. The van der Waals surface area contributed by atoms with Crippen LogP contribution in [0.1, 0.15) is 37.8 Å². The fraction of sp³-hybridized carbons (Fsp3) is 0.412. The number of hydrogen-bond donors (Lipinski definition) is 1. The Bertz CT molecular complexity index is 833. The number of aromatic nitrogens is 3. The van der Waals surface area contributed by atoms with Gasteiger partial charge in [-0.3, -0.25) is 4.40 Å². The highest BCUT2D eigenvalue weighted by Crippen LogP contribution is 2.27. The van der Waals surface area contributed by atoms with E-state index in [1.54, 1.807) is 0 Å². The minimum atomic E-state index is 0.506. The molecule has 0 unspecified atom stereocenters. The predicted molar refractivity (Wildman–Crippen MR) is 90.7 cm³/mol. The molecule has 1 N–H and O–H groups in total. The monoisotopic (exact) mass is 314 g/mol. The van der Waals surface area contributed by atoms with Gasteiger partial charge in [-0.15, -0.1) is 0 Å². The second-order valence-electron chi connectivity index (χ2n) is 6.13. The molecule has 1 aromatic carbocycles. The summed E-state index contributed by atoms with van der Waals surface area (Å²) >= 11 is 6.16. The summed E-state index contributed by atoms with van der Waals surface area (Å²) in [5.74, 6) is 0.884. The van der Waals surface area contributed by atoms with Crippen LogP contribution in [0.5, 0.6) is 0 Å². The molecule has 3 aromatic rings. The largest absolute Gasteiger partial charge is 0.364 e. The molecule has 4 rings (SSSR count). The van der Waals surface area contributed by atoms with Crippen LogP contribution in [0.15, 0.2) is 24.4 Å². The Morgan fingerprint density at radius 3 is 2.86 bits per heavy atom. The highest BCUT2D eigenvalue weighted by atomic mass is 35.5. The summed E-state index contributed by atoms with van der Waals surface area (Å²) in [6.45, 7) is 2.06. The van der Waals surface area contributed by atoms with E-state index in [0.717, 1.165) is 33.2 Å². The first kappa shape index (κ1) is 13.8. The lowest BCUT2D eigenvalue weighted by atomic mass is 9.95. The summed E-state index contributed by atoms with van der Waals surface area (Å²) in [5, 5.41) is 4.34. The fourth-order valence-electron chi connectivity index (χ4n) is 3.39. The number of rotatable bonds is 2. The number of anilines is 1. The van der Waals surface area contributed by atoms with Crippen molar-refractivity contribution >= 4 is 34.1 Å². The third-order valence-corrected chi connectivity index (χ3v) is 4.74. The second-order valence-corrected chi connectivity index (χ2v) is 6.57. The molecule has 0 aliphatic heterocycles. The Kier molecular flexibility index (Phi) is 3.41. The van der Waals surface area contributed by atoms with Gasteiger partial charge in [-0.25, -0.2) is 9.97 Å². The first-order valence-electron chi connectivity index (χ1n) is 7.92. The second kappa shape index (κ2) is 5.43. The van der Waals surface area contributed by atoms with Crippen LogP contribution < -0.4 is 5.32 Å². The van der Waals surface area contributed by atoms with E-state index < -0.39 is 0 Å². The lowest BCUT2D eigenvalue weighted by Gasteiger charge is -2.23. The molecule has 114 valence electrons. The Labute approximate surface area is 134 Å². The van der Waals surface area contributed by atoms with Crippen molar-refractivity contribution in [3.8, 4) is 0 Å². The molecule has 0 amide bonds. The molecular weight excluding hydrogens is 296 g/mol. The van der Waals surface area contributed by atoms with Gasteiger partial charge in [0.2, 0.25) is 0 Å². The quantitative estimate of drug-likeness (QED) is 0.752. The molecule has 0 saturated heterocycles. The normalized spacial score (nSPS) is 16.5. The molecule has 1 fully saturated rings. The molecule has 1 aliphatic rings. The zero-order chi connectivity index (χ0) is 15.1. The summed E-state index contributed by atoms with van der Waals surface area (Å²) in [6, 6.07) is 6.32. The van der Waals surface area contributed by atoms with Crippen molar-refractivity contribution in [3.05, 3.63) is 35.1 Å². The van der Waals surface area contributed by atoms with E-state index in [0.29, 0.717) is 6.04 Å². The number of nitrogens with one attached hydrogen (secondary N) is 1. The van der Waals surface area contributed by atoms with Crippen LogP contribution in [0.25, 0.3) is 16.7 Å². The van der Waals surface area contributed by atoms with Gasteiger partial charge in [0.15, 0.2) is 11.5 Å². The van der Waals surface area contributed by atoms with Crippen LogP contribution >= 0.6 is 11.6 Å². The topological polar surface area (TPSA) is 42.2 Å². The van der Waals surface area contributed by atoms with Gasteiger partial charge < -0.3 is 5.32 Å². The summed E-state index contributed by atoms with van der Waals surface area (Å²) in [5.41, 5.74) is 3.93. The van der Waals surface area contributed by atoms with Gasteiger partial charge in [0.25, 0.3) is 0 Å². The summed E-state index contributed by atoms with van der Waals surface area (Å²) < 4.78 is 2.14. The molecule has 1 saturated carbocycles. The van der Waals surface area contributed by atoms with Gasteiger partial charge in [0.05, 0.1) is 11.0 Å². The maximum absolute atomic E-state index is 6.16. The molecule has 4 nitrogen and oxygen atoms in total. The lowest BCUT2D eigenvalue weighted by Crippen LogP contribution is -2.23. The molecular formula is C17H19ClN4. The first-order chi connectivity index (χ1) is 10.7. The smallest absolute Gasteiger partial charge is 0.180 e. The minimum absolute atomic E-state index is 0.506. The summed E-state index contributed by atoms with van der Waals surface area (Å²) in [7, 11) is 0. The standard InChI is InChI=1S/C17H19ClN4/c1-11-10-19-17-16(20-13-5-3-2-4-6-13)21-14-8-7-12(18)9-15(14)22(11)17/h7-10,13H,2-6H2,1H3,(H,20,21). The number of benzene rings is 1. The van der Waals surface area contributed by atoms with Crippen molar-refractivity contribution in [1.82, 2.24) is 14.4 Å². The number of hydrogen-bond acceptors (Lipinski definition) is 3. The van der Waals surface area contributed by atoms with E-state index in [1.165, 1.54) is 32.1 Å². The van der Waals surface area contributed by atoms with E-state index in [9.17, 15) is 0 Å². The van der Waals surface area contributed by atoms with Crippen molar-refractivity contribution in [2.24, 2.45) is 0 Å². The maximum Gasteiger partial charge on any atom is 0.180 e. The summed E-state index contributed by atoms with van der Waals surface area (Å²) in [4.78, 5) is 9.36. The summed E-state index contributed by atoms with van der Waals surface area (Å²) in [6.07, 6.45) is 8.26. The number of imidazole rings is 1. The molecule has 0 atom stereocenters. The van der Waals surface area contributed by atoms with Crippen LogP contribution in [0.3, 0.4) is 0 Å². The molecule has 2 aromatic heterocycles.